The first kappa shape index (κ1) is 14.0. The normalized spacial score (nSPS) is 11.5. The molecule has 0 saturated heterocycles. The molecule has 0 spiro atoms. The fourth-order valence-electron chi connectivity index (χ4n) is 1.85. The summed E-state index contributed by atoms with van der Waals surface area (Å²) < 4.78 is 0. The number of hydrogen-bond acceptors (Lipinski definition) is 1. The van der Waals surface area contributed by atoms with Gasteiger partial charge in [-0.05, 0) is 48.8 Å². The minimum Gasteiger partial charge on any atom is -0.261 e. The zero-order valence-electron chi connectivity index (χ0n) is 11.5. The Bertz CT molecular complexity index is 347. The van der Waals surface area contributed by atoms with Crippen LogP contribution in [-0.2, 0) is 11.8 Å². The maximum atomic E-state index is 4.45. The highest BCUT2D eigenvalue weighted by Gasteiger charge is 2.13. The highest BCUT2D eigenvalue weighted by molar-refractivity contribution is 5.23. The molecule has 0 aliphatic rings. The van der Waals surface area contributed by atoms with E-state index >= 15 is 0 Å². The monoisotopic (exact) mass is 231 g/mol. The van der Waals surface area contributed by atoms with Gasteiger partial charge in [-0.3, -0.25) is 4.98 Å². The van der Waals surface area contributed by atoms with Gasteiger partial charge in [-0.2, -0.15) is 0 Å². The quantitative estimate of drug-likeness (QED) is 0.512. The first-order valence-electron chi connectivity index (χ1n) is 6.60. The third kappa shape index (κ3) is 5.16. The third-order valence-electron chi connectivity index (χ3n) is 3.02. The molecule has 1 aromatic rings. The molecule has 0 saturated carbocycles. The van der Waals surface area contributed by atoms with Gasteiger partial charge < -0.3 is 0 Å². The average Bonchev–Trinajstić information content (AvgIpc) is 2.28. The molecule has 0 aliphatic carbocycles. The number of rotatable bonds is 6. The molecule has 0 atom stereocenters. The van der Waals surface area contributed by atoms with Crippen molar-refractivity contribution in [2.24, 2.45) is 0 Å². The number of allylic oxidation sites excluding steroid dienone is 1. The molecule has 0 radical (unpaired) electrons. The SMILES string of the molecule is C=CCCCCCc1cc(C(C)(C)C)ccn1. The summed E-state index contributed by atoms with van der Waals surface area (Å²) in [6, 6.07) is 4.38. The van der Waals surface area contributed by atoms with Crippen LogP contribution in [0.4, 0.5) is 0 Å². The van der Waals surface area contributed by atoms with E-state index < -0.39 is 0 Å². The van der Waals surface area contributed by atoms with Crippen LogP contribution in [0, 0.1) is 0 Å². The van der Waals surface area contributed by atoms with Crippen LogP contribution in [0.3, 0.4) is 0 Å². The molecular weight excluding hydrogens is 206 g/mol. The summed E-state index contributed by atoms with van der Waals surface area (Å²) in [5.41, 5.74) is 2.84. The summed E-state index contributed by atoms with van der Waals surface area (Å²) in [4.78, 5) is 4.45. The van der Waals surface area contributed by atoms with E-state index in [9.17, 15) is 0 Å². The third-order valence-corrected chi connectivity index (χ3v) is 3.02. The van der Waals surface area contributed by atoms with Crippen molar-refractivity contribution >= 4 is 0 Å². The van der Waals surface area contributed by atoms with Gasteiger partial charge in [0, 0.05) is 11.9 Å². The zero-order valence-corrected chi connectivity index (χ0v) is 11.5. The first-order valence-corrected chi connectivity index (χ1v) is 6.60. The summed E-state index contributed by atoms with van der Waals surface area (Å²) >= 11 is 0. The average molecular weight is 231 g/mol. The summed E-state index contributed by atoms with van der Waals surface area (Å²) in [6.07, 6.45) is 9.93. The van der Waals surface area contributed by atoms with Crippen molar-refractivity contribution in [3.8, 4) is 0 Å². The minimum atomic E-state index is 0.223. The van der Waals surface area contributed by atoms with Gasteiger partial charge in [0.15, 0.2) is 0 Å². The molecule has 0 aliphatic heterocycles. The van der Waals surface area contributed by atoms with Gasteiger partial charge in [0.05, 0.1) is 0 Å². The number of hydrogen-bond donors (Lipinski definition) is 0. The molecule has 94 valence electrons. The van der Waals surface area contributed by atoms with E-state index in [0.717, 1.165) is 12.8 Å². The lowest BCUT2D eigenvalue weighted by Crippen LogP contribution is -2.11. The van der Waals surface area contributed by atoms with Crippen LogP contribution >= 0.6 is 0 Å². The summed E-state index contributed by atoms with van der Waals surface area (Å²) in [5, 5.41) is 0. The topological polar surface area (TPSA) is 12.9 Å². The van der Waals surface area contributed by atoms with Gasteiger partial charge in [-0.25, -0.2) is 0 Å². The molecule has 1 nitrogen and oxygen atoms in total. The van der Waals surface area contributed by atoms with Crippen LogP contribution in [0.5, 0.6) is 0 Å². The van der Waals surface area contributed by atoms with Crippen LogP contribution in [-0.4, -0.2) is 4.98 Å². The van der Waals surface area contributed by atoms with Crippen molar-refractivity contribution < 1.29 is 0 Å². The Morgan fingerprint density at radius 1 is 1.24 bits per heavy atom. The highest BCUT2D eigenvalue weighted by Crippen LogP contribution is 2.22. The van der Waals surface area contributed by atoms with Gasteiger partial charge >= 0.3 is 0 Å². The predicted octanol–water partition coefficient (Wildman–Crippen LogP) is 4.67. The largest absolute Gasteiger partial charge is 0.261 e. The predicted molar refractivity (Wildman–Crippen MR) is 75.3 cm³/mol. The Balaban J connectivity index is 2.46. The Labute approximate surface area is 106 Å². The molecule has 1 rings (SSSR count). The minimum absolute atomic E-state index is 0.223. The fourth-order valence-corrected chi connectivity index (χ4v) is 1.85. The van der Waals surface area contributed by atoms with Gasteiger partial charge in [0.25, 0.3) is 0 Å². The number of aryl methyl sites for hydroxylation is 1. The standard InChI is InChI=1S/C16H25N/c1-5-6-7-8-9-10-15-13-14(11-12-17-15)16(2,3)4/h5,11-13H,1,6-10H2,2-4H3. The molecule has 1 heterocycles. The molecule has 0 bridgehead atoms. The van der Waals surface area contributed by atoms with Gasteiger partial charge in [0.1, 0.15) is 0 Å². The van der Waals surface area contributed by atoms with Crippen molar-refractivity contribution in [1.82, 2.24) is 4.98 Å². The Morgan fingerprint density at radius 3 is 2.65 bits per heavy atom. The van der Waals surface area contributed by atoms with Gasteiger partial charge in [-0.15, -0.1) is 6.58 Å². The van der Waals surface area contributed by atoms with Crippen LogP contribution in [0.2, 0.25) is 0 Å². The van der Waals surface area contributed by atoms with E-state index in [1.165, 1.54) is 30.5 Å². The molecule has 0 fully saturated rings. The Morgan fingerprint density at radius 2 is 2.00 bits per heavy atom. The summed E-state index contributed by atoms with van der Waals surface area (Å²) in [6.45, 7) is 10.5. The second-order valence-corrected chi connectivity index (χ2v) is 5.67. The van der Waals surface area contributed by atoms with E-state index in [1.807, 2.05) is 12.3 Å². The highest BCUT2D eigenvalue weighted by atomic mass is 14.7. The molecule has 17 heavy (non-hydrogen) atoms. The van der Waals surface area contributed by atoms with E-state index in [0.29, 0.717) is 0 Å². The van der Waals surface area contributed by atoms with Crippen LogP contribution in [0.15, 0.2) is 31.0 Å². The van der Waals surface area contributed by atoms with E-state index in [1.54, 1.807) is 0 Å². The fraction of sp³-hybridized carbons (Fsp3) is 0.562. The molecule has 0 aromatic carbocycles. The lowest BCUT2D eigenvalue weighted by atomic mass is 9.87. The zero-order chi connectivity index (χ0) is 12.7. The molecule has 0 N–H and O–H groups in total. The summed E-state index contributed by atoms with van der Waals surface area (Å²) in [5.74, 6) is 0. The maximum absolute atomic E-state index is 4.45. The second-order valence-electron chi connectivity index (χ2n) is 5.67. The van der Waals surface area contributed by atoms with Crippen molar-refractivity contribution in [2.45, 2.75) is 58.3 Å². The van der Waals surface area contributed by atoms with Crippen LogP contribution in [0.25, 0.3) is 0 Å². The lowest BCUT2D eigenvalue weighted by Gasteiger charge is -2.19. The number of unbranched alkanes of at least 4 members (excludes halogenated alkanes) is 3. The van der Waals surface area contributed by atoms with Gasteiger partial charge in [0.2, 0.25) is 0 Å². The molecule has 0 amide bonds. The van der Waals surface area contributed by atoms with Gasteiger partial charge in [-0.1, -0.05) is 33.3 Å². The lowest BCUT2D eigenvalue weighted by molar-refractivity contribution is 0.586. The van der Waals surface area contributed by atoms with Crippen LogP contribution < -0.4 is 0 Å². The number of aromatic nitrogens is 1. The van der Waals surface area contributed by atoms with Crippen molar-refractivity contribution in [2.75, 3.05) is 0 Å². The molecule has 1 aromatic heterocycles. The van der Waals surface area contributed by atoms with E-state index in [2.05, 4.69) is 44.5 Å². The maximum Gasteiger partial charge on any atom is 0.0406 e. The smallest absolute Gasteiger partial charge is 0.0406 e. The summed E-state index contributed by atoms with van der Waals surface area (Å²) in [7, 11) is 0. The van der Waals surface area contributed by atoms with Crippen LogP contribution in [0.1, 0.15) is 57.7 Å². The van der Waals surface area contributed by atoms with E-state index in [4.69, 9.17) is 0 Å². The Hall–Kier alpha value is -1.11. The van der Waals surface area contributed by atoms with Crippen molar-refractivity contribution in [3.63, 3.8) is 0 Å². The molecular formula is C16H25N. The second kappa shape index (κ2) is 6.58. The molecule has 0 unspecified atom stereocenters. The number of pyridine rings is 1. The first-order chi connectivity index (χ1) is 8.04. The Kier molecular flexibility index (Phi) is 5.40. The van der Waals surface area contributed by atoms with E-state index in [-0.39, 0.29) is 5.41 Å². The van der Waals surface area contributed by atoms with Crippen molar-refractivity contribution in [3.05, 3.63) is 42.2 Å². The number of nitrogens with zero attached hydrogens (tertiary/aromatic N) is 1. The molecule has 1 heteroatoms. The van der Waals surface area contributed by atoms with Crippen molar-refractivity contribution in [1.29, 1.82) is 0 Å².